The van der Waals surface area contributed by atoms with Crippen molar-refractivity contribution in [1.82, 2.24) is 4.98 Å². The first-order valence-electron chi connectivity index (χ1n) is 2.31. The highest BCUT2D eigenvalue weighted by molar-refractivity contribution is 7.80. The second-order valence-electron chi connectivity index (χ2n) is 1.56. The molecule has 1 rings (SSSR count). The van der Waals surface area contributed by atoms with Crippen molar-refractivity contribution >= 4 is 12.6 Å². The molecule has 0 aliphatic carbocycles. The van der Waals surface area contributed by atoms with Gasteiger partial charge in [-0.1, -0.05) is 0 Å². The van der Waals surface area contributed by atoms with Gasteiger partial charge in [0.25, 0.3) is 0 Å². The first kappa shape index (κ1) is 7.40. The van der Waals surface area contributed by atoms with Crippen LogP contribution in [0.2, 0.25) is 0 Å². The van der Waals surface area contributed by atoms with Crippen LogP contribution in [0, 0.1) is 17.6 Å². The Balaban J connectivity index is 3.34. The molecule has 0 atom stereocenters. The van der Waals surface area contributed by atoms with E-state index < -0.39 is 22.5 Å². The molecule has 1 heterocycles. The van der Waals surface area contributed by atoms with Crippen LogP contribution >= 0.6 is 12.6 Å². The van der Waals surface area contributed by atoms with Crippen molar-refractivity contribution in [3.8, 4) is 0 Å². The minimum atomic E-state index is -1.31. The molecule has 5 heteroatoms. The normalized spacial score (nSPS) is 10.0. The molecule has 0 bridgehead atoms. The summed E-state index contributed by atoms with van der Waals surface area (Å²) in [6.45, 7) is 0. The number of hydrogen-bond acceptors (Lipinski definition) is 2. The van der Waals surface area contributed by atoms with Crippen molar-refractivity contribution in [3.05, 3.63) is 23.8 Å². The van der Waals surface area contributed by atoms with Gasteiger partial charge < -0.3 is 0 Å². The third-order valence-electron chi connectivity index (χ3n) is 0.904. The molecular weight excluding hydrogens is 163 g/mol. The molecule has 0 aliphatic heterocycles. The summed E-state index contributed by atoms with van der Waals surface area (Å²) < 4.78 is 36.5. The van der Waals surface area contributed by atoms with E-state index in [4.69, 9.17) is 0 Å². The lowest BCUT2D eigenvalue weighted by Gasteiger charge is -1.95. The summed E-state index contributed by atoms with van der Waals surface area (Å²) in [5.41, 5.74) is 0. The van der Waals surface area contributed by atoms with Crippen LogP contribution in [0.1, 0.15) is 0 Å². The number of nitrogens with zero attached hydrogens (tertiary/aromatic N) is 1. The minimum absolute atomic E-state index is 0.463. The molecule has 0 unspecified atom stereocenters. The van der Waals surface area contributed by atoms with Crippen LogP contribution in [0.3, 0.4) is 0 Å². The van der Waals surface area contributed by atoms with Crippen molar-refractivity contribution < 1.29 is 13.2 Å². The number of thiol groups is 1. The van der Waals surface area contributed by atoms with Crippen LogP contribution in [0.15, 0.2) is 11.1 Å². The average Bonchev–Trinajstić information content (AvgIpc) is 1.93. The molecule has 0 spiro atoms. The Morgan fingerprint density at radius 1 is 1.30 bits per heavy atom. The summed E-state index contributed by atoms with van der Waals surface area (Å²) in [6.07, 6.45) is 0.463. The molecule has 1 nitrogen and oxygen atoms in total. The van der Waals surface area contributed by atoms with Crippen LogP contribution in [0.4, 0.5) is 13.2 Å². The quantitative estimate of drug-likeness (QED) is 0.456. The predicted octanol–water partition coefficient (Wildman–Crippen LogP) is 1.79. The monoisotopic (exact) mass is 165 g/mol. The highest BCUT2D eigenvalue weighted by Gasteiger charge is 2.10. The lowest BCUT2D eigenvalue weighted by Crippen LogP contribution is -1.93. The lowest BCUT2D eigenvalue weighted by molar-refractivity contribution is 0.448. The molecule has 1 aromatic heterocycles. The molecule has 10 heavy (non-hydrogen) atoms. The van der Waals surface area contributed by atoms with Gasteiger partial charge in [-0.2, -0.15) is 4.39 Å². The lowest BCUT2D eigenvalue weighted by atomic mass is 10.4. The molecule has 1 aromatic rings. The van der Waals surface area contributed by atoms with Crippen molar-refractivity contribution in [3.63, 3.8) is 0 Å². The second-order valence-corrected chi connectivity index (χ2v) is 2.01. The summed E-state index contributed by atoms with van der Waals surface area (Å²) in [6, 6.07) is 0. The van der Waals surface area contributed by atoms with Gasteiger partial charge in [-0.15, -0.1) is 12.6 Å². The third-order valence-corrected chi connectivity index (χ3v) is 1.29. The van der Waals surface area contributed by atoms with Crippen LogP contribution in [0.25, 0.3) is 0 Å². The van der Waals surface area contributed by atoms with Gasteiger partial charge in [0.05, 0.1) is 11.1 Å². The van der Waals surface area contributed by atoms with E-state index in [0.717, 1.165) is 0 Å². The highest BCUT2D eigenvalue weighted by Crippen LogP contribution is 2.16. The van der Waals surface area contributed by atoms with E-state index in [-0.39, 0.29) is 0 Å². The van der Waals surface area contributed by atoms with Gasteiger partial charge in [0.1, 0.15) is 0 Å². The number of aromatic nitrogens is 1. The minimum Gasteiger partial charge on any atom is -0.224 e. The molecule has 0 radical (unpaired) electrons. The Hall–Kier alpha value is -0.710. The van der Waals surface area contributed by atoms with E-state index in [9.17, 15) is 13.2 Å². The summed E-state index contributed by atoms with van der Waals surface area (Å²) in [5, 5.41) is 0. The first-order valence-corrected chi connectivity index (χ1v) is 2.76. The number of pyridine rings is 1. The summed E-state index contributed by atoms with van der Waals surface area (Å²) in [7, 11) is 0. The highest BCUT2D eigenvalue weighted by atomic mass is 32.1. The molecule has 0 aliphatic rings. The van der Waals surface area contributed by atoms with Crippen molar-refractivity contribution in [1.29, 1.82) is 0 Å². The van der Waals surface area contributed by atoms with Gasteiger partial charge in [0, 0.05) is 0 Å². The zero-order valence-electron chi connectivity index (χ0n) is 4.61. The van der Waals surface area contributed by atoms with Gasteiger partial charge in [0.15, 0.2) is 11.6 Å². The fourth-order valence-corrected chi connectivity index (χ4v) is 0.599. The summed E-state index contributed by atoms with van der Waals surface area (Å²) >= 11 is 3.33. The van der Waals surface area contributed by atoms with Gasteiger partial charge in [-0.3, -0.25) is 0 Å². The Bertz CT molecular complexity index is 236. The molecule has 0 saturated heterocycles. The maximum atomic E-state index is 12.3. The fourth-order valence-electron chi connectivity index (χ4n) is 0.435. The Labute approximate surface area is 60.3 Å². The van der Waals surface area contributed by atoms with Crippen molar-refractivity contribution in [2.45, 2.75) is 4.90 Å². The first-order chi connectivity index (χ1) is 4.63. The summed E-state index contributed by atoms with van der Waals surface area (Å²) in [5.74, 6) is -3.62. The van der Waals surface area contributed by atoms with Crippen LogP contribution in [-0.4, -0.2) is 4.98 Å². The van der Waals surface area contributed by atoms with Crippen LogP contribution in [0.5, 0.6) is 0 Å². The molecular formula is C5H2F3NS. The smallest absolute Gasteiger partial charge is 0.224 e. The Kier molecular flexibility index (Phi) is 1.85. The van der Waals surface area contributed by atoms with E-state index >= 15 is 0 Å². The van der Waals surface area contributed by atoms with E-state index in [0.29, 0.717) is 6.20 Å². The van der Waals surface area contributed by atoms with E-state index in [2.05, 4.69) is 17.6 Å². The standard InChI is InChI=1S/C5H2F3NS/c6-2-1-9-5(8)4(10)3(2)7/h1,10H. The van der Waals surface area contributed by atoms with Gasteiger partial charge >= 0.3 is 0 Å². The zero-order valence-corrected chi connectivity index (χ0v) is 5.50. The SMILES string of the molecule is Fc1cnc(F)c(S)c1F. The Morgan fingerprint density at radius 2 is 1.90 bits per heavy atom. The molecule has 0 N–H and O–H groups in total. The zero-order chi connectivity index (χ0) is 7.72. The molecule has 0 aromatic carbocycles. The largest absolute Gasteiger partial charge is 0.229 e. The van der Waals surface area contributed by atoms with Gasteiger partial charge in [-0.05, 0) is 0 Å². The topological polar surface area (TPSA) is 12.9 Å². The van der Waals surface area contributed by atoms with Gasteiger partial charge in [0.2, 0.25) is 5.95 Å². The van der Waals surface area contributed by atoms with Gasteiger partial charge in [-0.25, -0.2) is 13.8 Å². The van der Waals surface area contributed by atoms with E-state index in [1.165, 1.54) is 0 Å². The molecule has 0 saturated carbocycles. The van der Waals surface area contributed by atoms with Crippen LogP contribution in [-0.2, 0) is 0 Å². The number of rotatable bonds is 0. The van der Waals surface area contributed by atoms with Crippen LogP contribution < -0.4 is 0 Å². The van der Waals surface area contributed by atoms with Crippen molar-refractivity contribution in [2.24, 2.45) is 0 Å². The average molecular weight is 165 g/mol. The second kappa shape index (κ2) is 2.49. The number of hydrogen-bond donors (Lipinski definition) is 1. The third kappa shape index (κ3) is 1.09. The molecule has 54 valence electrons. The van der Waals surface area contributed by atoms with E-state index in [1.54, 1.807) is 0 Å². The molecule has 0 fully saturated rings. The maximum Gasteiger partial charge on any atom is 0.229 e. The summed E-state index contributed by atoms with van der Waals surface area (Å²) in [4.78, 5) is 2.19. The molecule has 0 amide bonds. The Morgan fingerprint density at radius 3 is 2.40 bits per heavy atom. The predicted molar refractivity (Wildman–Crippen MR) is 31.4 cm³/mol. The number of halogens is 3. The van der Waals surface area contributed by atoms with Crippen molar-refractivity contribution in [2.75, 3.05) is 0 Å². The maximum absolute atomic E-state index is 12.3. The fraction of sp³-hybridized carbons (Fsp3) is 0. The van der Waals surface area contributed by atoms with E-state index in [1.807, 2.05) is 0 Å².